The number of hydrogen-bond donors (Lipinski definition) is 2. The van der Waals surface area contributed by atoms with Gasteiger partial charge in [-0.3, -0.25) is 0 Å². The van der Waals surface area contributed by atoms with Gasteiger partial charge in [0.2, 0.25) is 0 Å². The van der Waals surface area contributed by atoms with Crippen molar-refractivity contribution in [2.75, 3.05) is 13.7 Å². The minimum atomic E-state index is -4.54. The first-order valence-electron chi connectivity index (χ1n) is 6.32. The zero-order chi connectivity index (χ0) is 16.3. The van der Waals surface area contributed by atoms with E-state index in [0.717, 1.165) is 6.20 Å². The molecule has 0 aliphatic rings. The van der Waals surface area contributed by atoms with Crippen LogP contribution in [0.15, 0.2) is 24.4 Å². The highest BCUT2D eigenvalue weighted by atomic mass is 19.4. The molecule has 1 heterocycles. The number of nitrogens with one attached hydrogen (secondary N) is 1. The van der Waals surface area contributed by atoms with Crippen molar-refractivity contribution in [2.45, 2.75) is 12.6 Å². The fraction of sp³-hybridized carbons (Fsp3) is 0.286. The molecule has 0 fully saturated rings. The van der Waals surface area contributed by atoms with Gasteiger partial charge >= 0.3 is 12.1 Å². The highest BCUT2D eigenvalue weighted by molar-refractivity contribution is 5.90. The fourth-order valence-electron chi connectivity index (χ4n) is 2.00. The smallest absolute Gasteiger partial charge is 0.434 e. The van der Waals surface area contributed by atoms with E-state index in [1.165, 1.54) is 25.3 Å². The molecular formula is C14H13F3N2O3. The van der Waals surface area contributed by atoms with Gasteiger partial charge in [0, 0.05) is 18.4 Å². The molecule has 0 saturated heterocycles. The van der Waals surface area contributed by atoms with Crippen LogP contribution in [0.3, 0.4) is 0 Å². The maximum atomic E-state index is 12.6. The summed E-state index contributed by atoms with van der Waals surface area (Å²) in [6.07, 6.45) is -3.60. The third kappa shape index (κ3) is 3.28. The lowest BCUT2D eigenvalue weighted by atomic mass is 10.0. The Hall–Kier alpha value is -2.35. The van der Waals surface area contributed by atoms with Crippen LogP contribution in [-0.4, -0.2) is 34.8 Å². The molecule has 0 aliphatic heterocycles. The first kappa shape index (κ1) is 16.0. The van der Waals surface area contributed by atoms with Gasteiger partial charge in [-0.1, -0.05) is 6.07 Å². The molecule has 2 N–H and O–H groups in total. The first-order chi connectivity index (χ1) is 10.4. The SMILES string of the molecule is COC(=O)c1ccc(-c2nc(C(F)(F)F)c[nH]2)c(CCO)c1. The maximum absolute atomic E-state index is 12.6. The molecule has 8 heteroatoms. The van der Waals surface area contributed by atoms with Crippen molar-refractivity contribution in [1.29, 1.82) is 0 Å². The second kappa shape index (κ2) is 6.18. The molecule has 0 amide bonds. The number of benzene rings is 1. The summed E-state index contributed by atoms with van der Waals surface area (Å²) in [5.41, 5.74) is 0.0949. The van der Waals surface area contributed by atoms with Crippen molar-refractivity contribution >= 4 is 5.97 Å². The molecule has 2 rings (SSSR count). The number of H-pyrrole nitrogens is 1. The summed E-state index contributed by atoms with van der Waals surface area (Å²) in [5, 5.41) is 9.09. The topological polar surface area (TPSA) is 75.2 Å². The number of imidazole rings is 1. The van der Waals surface area contributed by atoms with Gasteiger partial charge in [-0.25, -0.2) is 9.78 Å². The molecule has 2 aromatic rings. The summed E-state index contributed by atoms with van der Waals surface area (Å²) in [6.45, 7) is -0.218. The zero-order valence-corrected chi connectivity index (χ0v) is 11.6. The van der Waals surface area contributed by atoms with E-state index in [0.29, 0.717) is 11.1 Å². The van der Waals surface area contributed by atoms with E-state index in [1.54, 1.807) is 0 Å². The third-order valence-corrected chi connectivity index (χ3v) is 3.03. The number of methoxy groups -OCH3 is 1. The summed E-state index contributed by atoms with van der Waals surface area (Å²) < 4.78 is 42.4. The number of aliphatic hydroxyl groups is 1. The van der Waals surface area contributed by atoms with Crippen LogP contribution < -0.4 is 0 Å². The molecule has 0 radical (unpaired) electrons. The summed E-state index contributed by atoms with van der Waals surface area (Å²) in [6, 6.07) is 4.36. The first-order valence-corrected chi connectivity index (χ1v) is 6.32. The van der Waals surface area contributed by atoms with Crippen LogP contribution >= 0.6 is 0 Å². The lowest BCUT2D eigenvalue weighted by Gasteiger charge is -2.08. The number of carbonyl (C=O) groups excluding carboxylic acids is 1. The predicted molar refractivity (Wildman–Crippen MR) is 71.2 cm³/mol. The number of halogens is 3. The van der Waals surface area contributed by atoms with E-state index in [4.69, 9.17) is 5.11 Å². The normalized spacial score (nSPS) is 11.5. The van der Waals surface area contributed by atoms with Crippen molar-refractivity contribution in [3.63, 3.8) is 0 Å². The van der Waals surface area contributed by atoms with Crippen LogP contribution in [0.25, 0.3) is 11.4 Å². The lowest BCUT2D eigenvalue weighted by molar-refractivity contribution is -0.140. The van der Waals surface area contributed by atoms with E-state index >= 15 is 0 Å². The fourth-order valence-corrected chi connectivity index (χ4v) is 2.00. The van der Waals surface area contributed by atoms with Crippen molar-refractivity contribution in [2.24, 2.45) is 0 Å². The van der Waals surface area contributed by atoms with E-state index in [-0.39, 0.29) is 24.4 Å². The number of ether oxygens (including phenoxy) is 1. The number of aromatic nitrogens is 2. The molecular weight excluding hydrogens is 301 g/mol. The zero-order valence-electron chi connectivity index (χ0n) is 11.6. The standard InChI is InChI=1S/C14H13F3N2O3/c1-22-13(21)9-2-3-10(8(6-9)4-5-20)12-18-7-11(19-12)14(15,16)17/h2-3,6-7,20H,4-5H2,1H3,(H,18,19). The van der Waals surface area contributed by atoms with Crippen LogP contribution in [0.2, 0.25) is 0 Å². The summed E-state index contributed by atoms with van der Waals surface area (Å²) >= 11 is 0. The van der Waals surface area contributed by atoms with Gasteiger partial charge in [-0.15, -0.1) is 0 Å². The average Bonchev–Trinajstić information content (AvgIpc) is 2.96. The summed E-state index contributed by atoms with van der Waals surface area (Å²) in [7, 11) is 1.23. The molecule has 0 saturated carbocycles. The maximum Gasteiger partial charge on any atom is 0.434 e. The molecule has 0 bridgehead atoms. The van der Waals surface area contributed by atoms with E-state index in [9.17, 15) is 18.0 Å². The van der Waals surface area contributed by atoms with Gasteiger partial charge in [0.25, 0.3) is 0 Å². The van der Waals surface area contributed by atoms with Gasteiger partial charge < -0.3 is 14.8 Å². The average molecular weight is 314 g/mol. The minimum Gasteiger partial charge on any atom is -0.465 e. The summed E-state index contributed by atoms with van der Waals surface area (Å²) in [4.78, 5) is 17.5. The molecule has 0 aliphatic carbocycles. The molecule has 0 atom stereocenters. The lowest BCUT2D eigenvalue weighted by Crippen LogP contribution is -2.06. The van der Waals surface area contributed by atoms with Crippen LogP contribution in [0.5, 0.6) is 0 Å². The van der Waals surface area contributed by atoms with Gasteiger partial charge in [0.1, 0.15) is 5.82 Å². The molecule has 5 nitrogen and oxygen atoms in total. The number of nitrogens with zero attached hydrogens (tertiary/aromatic N) is 1. The van der Waals surface area contributed by atoms with Crippen molar-refractivity contribution < 1.29 is 27.8 Å². The van der Waals surface area contributed by atoms with Gasteiger partial charge in [0.05, 0.1) is 12.7 Å². The van der Waals surface area contributed by atoms with E-state index < -0.39 is 17.8 Å². The molecule has 22 heavy (non-hydrogen) atoms. The Labute approximate surface area is 123 Å². The number of rotatable bonds is 4. The Morgan fingerprint density at radius 2 is 2.14 bits per heavy atom. The Morgan fingerprint density at radius 1 is 1.41 bits per heavy atom. The second-order valence-corrected chi connectivity index (χ2v) is 4.47. The molecule has 1 aromatic carbocycles. The highest BCUT2D eigenvalue weighted by Gasteiger charge is 2.34. The van der Waals surface area contributed by atoms with Crippen LogP contribution in [0.1, 0.15) is 21.6 Å². The largest absolute Gasteiger partial charge is 0.465 e. The Bertz CT molecular complexity index is 680. The van der Waals surface area contributed by atoms with Crippen molar-refractivity contribution in [3.05, 3.63) is 41.2 Å². The highest BCUT2D eigenvalue weighted by Crippen LogP contribution is 2.30. The molecule has 0 unspecified atom stereocenters. The van der Waals surface area contributed by atoms with Crippen LogP contribution in [-0.2, 0) is 17.3 Å². The Morgan fingerprint density at radius 3 is 2.68 bits per heavy atom. The minimum absolute atomic E-state index is 0.0205. The number of alkyl halides is 3. The Balaban J connectivity index is 2.45. The number of hydrogen-bond acceptors (Lipinski definition) is 4. The van der Waals surface area contributed by atoms with Gasteiger partial charge in [-0.2, -0.15) is 13.2 Å². The summed E-state index contributed by atoms with van der Waals surface area (Å²) in [5.74, 6) is -0.548. The van der Waals surface area contributed by atoms with Gasteiger partial charge in [0.15, 0.2) is 5.69 Å². The number of esters is 1. The quantitative estimate of drug-likeness (QED) is 0.850. The number of aliphatic hydroxyl groups excluding tert-OH is 1. The van der Waals surface area contributed by atoms with Crippen LogP contribution in [0.4, 0.5) is 13.2 Å². The Kier molecular flexibility index (Phi) is 4.51. The molecule has 1 aromatic heterocycles. The predicted octanol–water partition coefficient (Wildman–Crippen LogP) is 2.42. The van der Waals surface area contributed by atoms with Crippen molar-refractivity contribution in [3.8, 4) is 11.4 Å². The third-order valence-electron chi connectivity index (χ3n) is 3.03. The van der Waals surface area contributed by atoms with E-state index in [2.05, 4.69) is 14.7 Å². The molecule has 0 spiro atoms. The number of carbonyl (C=O) groups is 1. The second-order valence-electron chi connectivity index (χ2n) is 4.47. The number of aromatic amines is 1. The monoisotopic (exact) mass is 314 g/mol. The van der Waals surface area contributed by atoms with Gasteiger partial charge in [-0.05, 0) is 24.1 Å². The van der Waals surface area contributed by atoms with Crippen LogP contribution in [0, 0.1) is 0 Å². The van der Waals surface area contributed by atoms with E-state index in [1.807, 2.05) is 0 Å². The van der Waals surface area contributed by atoms with Crippen molar-refractivity contribution in [1.82, 2.24) is 9.97 Å². The molecule has 118 valence electrons.